The molecule has 3 atom stereocenters. The number of nitrogens with one attached hydrogen (secondary N) is 1. The number of phosphoric ester groups is 1. The predicted octanol–water partition coefficient (Wildman–Crippen LogP) is 16.9. The Bertz CT molecular complexity index is 1250. The normalized spacial score (nSPS) is 14.3. The number of allylic oxidation sites excluding steroid dienone is 7. The van der Waals surface area contributed by atoms with Crippen LogP contribution in [0.1, 0.15) is 271 Å². The van der Waals surface area contributed by atoms with Gasteiger partial charge in [0.05, 0.1) is 39.9 Å². The second-order valence-electron chi connectivity index (χ2n) is 21.0. The van der Waals surface area contributed by atoms with Crippen LogP contribution < -0.4 is 10.2 Å². The van der Waals surface area contributed by atoms with E-state index < -0.39 is 20.0 Å². The lowest BCUT2D eigenvalue weighted by Crippen LogP contribution is -2.45. The fraction of sp³-hybridized carbons (Fsp3) is 0.847. The molecular weight excluding hydrogens is 864 g/mol. The number of quaternary nitrogens is 1. The topological polar surface area (TPSA) is 108 Å². The van der Waals surface area contributed by atoms with Crippen molar-refractivity contribution in [2.24, 2.45) is 0 Å². The Morgan fingerprint density at radius 1 is 0.515 bits per heavy atom. The average molecular weight is 978 g/mol. The molecular formula is C59H113N2O6P. The maximum atomic E-state index is 12.9. The van der Waals surface area contributed by atoms with E-state index >= 15 is 0 Å². The van der Waals surface area contributed by atoms with E-state index in [1.807, 2.05) is 27.2 Å². The number of nitrogens with zero attached hydrogens (tertiary/aromatic N) is 1. The second-order valence-corrected chi connectivity index (χ2v) is 22.4. The van der Waals surface area contributed by atoms with Crippen LogP contribution in [0.15, 0.2) is 48.6 Å². The summed E-state index contributed by atoms with van der Waals surface area (Å²) in [5.41, 5.74) is 0. The zero-order valence-electron chi connectivity index (χ0n) is 45.6. The van der Waals surface area contributed by atoms with Crippen LogP contribution in [0.2, 0.25) is 0 Å². The van der Waals surface area contributed by atoms with E-state index in [0.29, 0.717) is 17.4 Å². The summed E-state index contributed by atoms with van der Waals surface area (Å²) < 4.78 is 23.3. The van der Waals surface area contributed by atoms with Gasteiger partial charge in [0.25, 0.3) is 7.82 Å². The first-order valence-electron chi connectivity index (χ1n) is 29.0. The number of unbranched alkanes of at least 4 members (excludes halogenated alkanes) is 34. The first-order valence-corrected chi connectivity index (χ1v) is 30.5. The van der Waals surface area contributed by atoms with Crippen molar-refractivity contribution in [3.63, 3.8) is 0 Å². The number of aliphatic hydroxyl groups is 1. The van der Waals surface area contributed by atoms with Gasteiger partial charge >= 0.3 is 0 Å². The van der Waals surface area contributed by atoms with Crippen LogP contribution in [0.25, 0.3) is 0 Å². The first-order chi connectivity index (χ1) is 33.0. The summed E-state index contributed by atoms with van der Waals surface area (Å²) in [5, 5.41) is 13.8. The van der Waals surface area contributed by atoms with Gasteiger partial charge in [-0.3, -0.25) is 9.36 Å². The number of amides is 1. The monoisotopic (exact) mass is 977 g/mol. The Balaban J connectivity index is 3.94. The van der Waals surface area contributed by atoms with Crippen LogP contribution in [-0.2, 0) is 18.4 Å². The van der Waals surface area contributed by atoms with Crippen molar-refractivity contribution in [2.75, 3.05) is 40.9 Å². The minimum Gasteiger partial charge on any atom is -0.756 e. The van der Waals surface area contributed by atoms with Gasteiger partial charge in [-0.1, -0.05) is 255 Å². The molecule has 0 saturated heterocycles. The third-order valence-corrected chi connectivity index (χ3v) is 14.0. The molecule has 0 aromatic rings. The number of likely N-dealkylation sites (N-methyl/N-ethyl adjacent to an activating group) is 1. The molecule has 0 spiro atoms. The molecule has 1 amide bonds. The van der Waals surface area contributed by atoms with Gasteiger partial charge in [0, 0.05) is 6.42 Å². The van der Waals surface area contributed by atoms with Gasteiger partial charge in [0.15, 0.2) is 0 Å². The van der Waals surface area contributed by atoms with Gasteiger partial charge in [0.1, 0.15) is 13.2 Å². The molecule has 0 rings (SSSR count). The minimum atomic E-state index is -4.59. The lowest BCUT2D eigenvalue weighted by atomic mass is 10.0. The van der Waals surface area contributed by atoms with E-state index in [0.717, 1.165) is 51.4 Å². The van der Waals surface area contributed by atoms with Crippen LogP contribution in [0.4, 0.5) is 0 Å². The highest BCUT2D eigenvalue weighted by Crippen LogP contribution is 2.38. The Morgan fingerprint density at radius 3 is 1.24 bits per heavy atom. The van der Waals surface area contributed by atoms with Gasteiger partial charge in [-0.15, -0.1) is 0 Å². The molecule has 0 aliphatic heterocycles. The number of phosphoric acid groups is 1. The van der Waals surface area contributed by atoms with Crippen molar-refractivity contribution in [2.45, 2.75) is 283 Å². The van der Waals surface area contributed by atoms with E-state index in [9.17, 15) is 19.4 Å². The standard InChI is InChI=1S/C59H113N2O6P/c1-6-8-10-12-14-16-18-19-20-21-22-23-24-25-26-27-28-29-30-31-32-33-34-35-36-37-38-39-40-41-43-45-47-49-51-53-59(63)60-57(56-67-68(64,65)66-55-54-61(3,4)5)58(62)52-50-48-46-44-42-17-15-13-11-9-7-2/h18-19,21-22,24-25,50,52,57-58,62H,6-17,20,23,26-49,51,53-56H2,1-5H3,(H-,60,63,64,65)/b19-18-,22-21-,25-24-,52-50+. The van der Waals surface area contributed by atoms with E-state index in [1.165, 1.54) is 199 Å². The number of hydrogen-bond donors (Lipinski definition) is 2. The second kappa shape index (κ2) is 50.4. The number of rotatable bonds is 53. The molecule has 0 aromatic carbocycles. The third-order valence-electron chi connectivity index (χ3n) is 13.0. The van der Waals surface area contributed by atoms with E-state index in [4.69, 9.17) is 9.05 Å². The van der Waals surface area contributed by atoms with Crippen molar-refractivity contribution < 1.29 is 32.9 Å². The summed E-state index contributed by atoms with van der Waals surface area (Å²) in [4.78, 5) is 25.4. The highest BCUT2D eigenvalue weighted by atomic mass is 31.2. The van der Waals surface area contributed by atoms with Crippen molar-refractivity contribution in [3.8, 4) is 0 Å². The minimum absolute atomic E-state index is 0.000328. The van der Waals surface area contributed by atoms with Crippen LogP contribution in [0.5, 0.6) is 0 Å². The molecule has 0 heterocycles. The number of aliphatic hydroxyl groups excluding tert-OH is 1. The molecule has 0 aromatic heterocycles. The van der Waals surface area contributed by atoms with Crippen molar-refractivity contribution in [3.05, 3.63) is 48.6 Å². The average Bonchev–Trinajstić information content (AvgIpc) is 3.30. The maximum absolute atomic E-state index is 12.9. The van der Waals surface area contributed by atoms with Crippen LogP contribution in [-0.4, -0.2) is 68.5 Å². The Kier molecular flexibility index (Phi) is 49.3. The molecule has 68 heavy (non-hydrogen) atoms. The van der Waals surface area contributed by atoms with Gasteiger partial charge in [-0.25, -0.2) is 0 Å². The summed E-state index contributed by atoms with van der Waals surface area (Å²) >= 11 is 0. The summed E-state index contributed by atoms with van der Waals surface area (Å²) in [6.45, 7) is 4.63. The van der Waals surface area contributed by atoms with E-state index in [1.54, 1.807) is 6.08 Å². The van der Waals surface area contributed by atoms with E-state index in [-0.39, 0.29) is 19.1 Å². The summed E-state index contributed by atoms with van der Waals surface area (Å²) in [5.74, 6) is -0.196. The molecule has 0 bridgehead atoms. The van der Waals surface area contributed by atoms with Crippen molar-refractivity contribution >= 4 is 13.7 Å². The van der Waals surface area contributed by atoms with Gasteiger partial charge < -0.3 is 28.8 Å². The summed E-state index contributed by atoms with van der Waals surface area (Å²) in [7, 11) is 1.27. The Hall–Kier alpha value is -1.54. The number of carbonyl (C=O) groups is 1. The largest absolute Gasteiger partial charge is 0.756 e. The predicted molar refractivity (Wildman–Crippen MR) is 293 cm³/mol. The molecule has 0 fully saturated rings. The molecule has 3 unspecified atom stereocenters. The Labute approximate surface area is 422 Å². The molecule has 0 saturated carbocycles. The maximum Gasteiger partial charge on any atom is 0.268 e. The van der Waals surface area contributed by atoms with Crippen LogP contribution >= 0.6 is 7.82 Å². The number of hydrogen-bond acceptors (Lipinski definition) is 6. The molecule has 2 N–H and O–H groups in total. The smallest absolute Gasteiger partial charge is 0.268 e. The third kappa shape index (κ3) is 52.3. The summed E-state index contributed by atoms with van der Waals surface area (Å²) in [6.07, 6.45) is 66.4. The van der Waals surface area contributed by atoms with Gasteiger partial charge in [-0.05, 0) is 57.8 Å². The molecule has 0 aliphatic rings. The van der Waals surface area contributed by atoms with Crippen molar-refractivity contribution in [1.29, 1.82) is 0 Å². The molecule has 400 valence electrons. The van der Waals surface area contributed by atoms with Gasteiger partial charge in [-0.2, -0.15) is 0 Å². The number of carbonyl (C=O) groups excluding carboxylic acids is 1. The first kappa shape index (κ1) is 66.5. The molecule has 9 heteroatoms. The highest BCUT2D eigenvalue weighted by Gasteiger charge is 2.23. The molecule has 8 nitrogen and oxygen atoms in total. The van der Waals surface area contributed by atoms with Gasteiger partial charge in [0.2, 0.25) is 5.91 Å². The molecule has 0 radical (unpaired) electrons. The fourth-order valence-corrected chi connectivity index (χ4v) is 9.18. The Morgan fingerprint density at radius 2 is 0.853 bits per heavy atom. The lowest BCUT2D eigenvalue weighted by Gasteiger charge is -2.29. The van der Waals surface area contributed by atoms with Crippen LogP contribution in [0, 0.1) is 0 Å². The molecule has 0 aliphatic carbocycles. The lowest BCUT2D eigenvalue weighted by molar-refractivity contribution is -0.870. The quantitative estimate of drug-likeness (QED) is 0.0272. The zero-order valence-corrected chi connectivity index (χ0v) is 46.5. The zero-order chi connectivity index (χ0) is 49.9. The van der Waals surface area contributed by atoms with Crippen molar-refractivity contribution in [1.82, 2.24) is 5.32 Å². The SMILES string of the molecule is CCCCCCC/C=C\C/C=C\C/C=C\CCCCCCCCCCCCCCCCCCCCCCC(=O)NC(COP(=O)([O-])OCC[N+](C)(C)C)C(O)/C=C/CCCCCCCCCCC. The fourth-order valence-electron chi connectivity index (χ4n) is 8.46. The summed E-state index contributed by atoms with van der Waals surface area (Å²) in [6, 6.07) is -0.884. The van der Waals surface area contributed by atoms with E-state index in [2.05, 4.69) is 55.6 Å². The highest BCUT2D eigenvalue weighted by molar-refractivity contribution is 7.45. The van der Waals surface area contributed by atoms with Crippen LogP contribution in [0.3, 0.4) is 0 Å².